The molecule has 0 radical (unpaired) electrons. The summed E-state index contributed by atoms with van der Waals surface area (Å²) in [7, 11) is 5.93. The number of hydrogen-bond donors (Lipinski definition) is 0. The molecule has 9 nitrogen and oxygen atoms in total. The van der Waals surface area contributed by atoms with Crippen molar-refractivity contribution in [3.8, 4) is 0 Å². The molecule has 0 aromatic carbocycles. The van der Waals surface area contributed by atoms with Crippen LogP contribution in [0.15, 0.2) is 97.2 Å². The number of unbranched alkanes of at least 4 members (excludes halogenated alkanes) is 37. The van der Waals surface area contributed by atoms with Crippen LogP contribution in [0.4, 0.5) is 0 Å². The van der Waals surface area contributed by atoms with E-state index in [1.54, 1.807) is 0 Å². The standard InChI is InChI=1S/C79H139NO8/c1-6-8-10-12-14-16-18-20-22-24-26-28-30-32-34-36-38-40-41-43-45-47-49-51-53-55-57-59-61-63-65-67-69-76(81)86-73-75(74-87-79(78(83)84)85-72-71-80(3,4)5)88-77(82)70-68-66-64-62-60-58-56-54-52-50-48-46-44-42-39-37-35-33-31-29-27-25-23-21-19-17-15-13-11-9-7-2/h9,11,15,17,21,23,27,29,33,35,39,42,46,48,52,54,75,79H,6-8,10,12-14,16,18-20,22,24-26,28,30-32,34,36-38,40-41,43-45,47,49-51,53,55-74H2,1-5H3/b11-9-,17-15-,23-21-,29-27-,35-33-,42-39-,48-46-,54-52-. The van der Waals surface area contributed by atoms with E-state index in [2.05, 4.69) is 111 Å². The molecule has 0 aromatic rings. The Kier molecular flexibility index (Phi) is 66.1. The van der Waals surface area contributed by atoms with E-state index >= 15 is 0 Å². The Labute approximate surface area is 543 Å². The largest absolute Gasteiger partial charge is 0.545 e. The molecule has 2 unspecified atom stereocenters. The molecule has 0 saturated heterocycles. The lowest BCUT2D eigenvalue weighted by Gasteiger charge is -2.26. The van der Waals surface area contributed by atoms with Gasteiger partial charge in [-0.1, -0.05) is 336 Å². The van der Waals surface area contributed by atoms with Gasteiger partial charge in [-0.05, 0) is 77.0 Å². The van der Waals surface area contributed by atoms with Gasteiger partial charge in [-0.2, -0.15) is 0 Å². The lowest BCUT2D eigenvalue weighted by Crippen LogP contribution is -2.44. The number of nitrogens with zero attached hydrogens (tertiary/aromatic N) is 1. The van der Waals surface area contributed by atoms with E-state index in [0.29, 0.717) is 17.4 Å². The fourth-order valence-electron chi connectivity index (χ4n) is 10.5. The van der Waals surface area contributed by atoms with Crippen LogP contribution < -0.4 is 5.11 Å². The minimum atomic E-state index is -1.63. The summed E-state index contributed by atoms with van der Waals surface area (Å²) in [5.41, 5.74) is 0. The zero-order valence-corrected chi connectivity index (χ0v) is 58.1. The van der Waals surface area contributed by atoms with Crippen molar-refractivity contribution < 1.29 is 42.9 Å². The van der Waals surface area contributed by atoms with Gasteiger partial charge < -0.3 is 33.3 Å². The molecule has 0 spiro atoms. The maximum atomic E-state index is 12.9. The predicted molar refractivity (Wildman–Crippen MR) is 375 cm³/mol. The number of ether oxygens (including phenoxy) is 4. The maximum absolute atomic E-state index is 12.9. The predicted octanol–water partition coefficient (Wildman–Crippen LogP) is 21.9. The monoisotopic (exact) mass is 1230 g/mol. The number of carbonyl (C=O) groups is 3. The van der Waals surface area contributed by atoms with Crippen molar-refractivity contribution in [3.63, 3.8) is 0 Å². The number of carboxylic acid groups (broad SMARTS) is 1. The molecule has 0 aliphatic heterocycles. The number of rotatable bonds is 68. The van der Waals surface area contributed by atoms with Gasteiger partial charge in [0, 0.05) is 12.8 Å². The average Bonchev–Trinajstić information content (AvgIpc) is 3.50. The highest BCUT2D eigenvalue weighted by atomic mass is 16.7. The van der Waals surface area contributed by atoms with Crippen LogP contribution in [0.2, 0.25) is 0 Å². The zero-order valence-electron chi connectivity index (χ0n) is 58.1. The molecule has 0 aromatic heterocycles. The number of quaternary nitrogens is 1. The van der Waals surface area contributed by atoms with Gasteiger partial charge in [0.25, 0.3) is 0 Å². The first-order valence-corrected chi connectivity index (χ1v) is 36.9. The average molecular weight is 1230 g/mol. The SMILES string of the molecule is CC/C=C\C/C=C\C/C=C\C/C=C\C/C=C\C/C=C\C/C=C\C/C=C\CCCCCCCCC(=O)OC(COC(=O)CCCCCCCCCCCCCCCCCCCCCCCCCCCCCCCCCC)COC(OCC[N+](C)(C)C)C(=O)[O-]. The number of carbonyl (C=O) groups excluding carboxylic acids is 3. The molecule has 0 heterocycles. The summed E-state index contributed by atoms with van der Waals surface area (Å²) in [4.78, 5) is 37.5. The van der Waals surface area contributed by atoms with Crippen molar-refractivity contribution in [1.82, 2.24) is 0 Å². The summed E-state index contributed by atoms with van der Waals surface area (Å²) < 4.78 is 22.8. The summed E-state index contributed by atoms with van der Waals surface area (Å²) in [6.45, 7) is 4.65. The van der Waals surface area contributed by atoms with Crippen molar-refractivity contribution in [3.05, 3.63) is 97.2 Å². The molecule has 0 fully saturated rings. The van der Waals surface area contributed by atoms with E-state index in [9.17, 15) is 19.5 Å². The van der Waals surface area contributed by atoms with E-state index in [1.807, 2.05) is 21.1 Å². The van der Waals surface area contributed by atoms with E-state index in [0.717, 1.165) is 109 Å². The summed E-state index contributed by atoms with van der Waals surface area (Å²) >= 11 is 0. The van der Waals surface area contributed by atoms with Gasteiger partial charge in [0.05, 0.1) is 40.3 Å². The van der Waals surface area contributed by atoms with Crippen molar-refractivity contribution in [2.45, 2.75) is 341 Å². The van der Waals surface area contributed by atoms with Gasteiger partial charge in [-0.3, -0.25) is 9.59 Å². The van der Waals surface area contributed by atoms with Gasteiger partial charge in [-0.15, -0.1) is 0 Å². The molecule has 0 saturated carbocycles. The number of esters is 2. The van der Waals surface area contributed by atoms with Crippen LogP contribution in [-0.2, 0) is 33.3 Å². The highest BCUT2D eigenvalue weighted by molar-refractivity contribution is 5.70. The maximum Gasteiger partial charge on any atom is 0.306 e. The van der Waals surface area contributed by atoms with Crippen LogP contribution in [0.5, 0.6) is 0 Å². The van der Waals surface area contributed by atoms with E-state index in [1.165, 1.54) is 186 Å². The van der Waals surface area contributed by atoms with Gasteiger partial charge in [0.15, 0.2) is 12.4 Å². The normalized spacial score (nSPS) is 13.2. The second-order valence-corrected chi connectivity index (χ2v) is 25.9. The first-order chi connectivity index (χ1) is 43.1. The van der Waals surface area contributed by atoms with Crippen molar-refractivity contribution in [1.29, 1.82) is 0 Å². The summed E-state index contributed by atoms with van der Waals surface area (Å²) in [5, 5.41) is 11.8. The van der Waals surface area contributed by atoms with E-state index < -0.39 is 24.3 Å². The molecule has 0 N–H and O–H groups in total. The smallest absolute Gasteiger partial charge is 0.306 e. The first kappa shape index (κ1) is 84.2. The van der Waals surface area contributed by atoms with Crippen LogP contribution in [0.3, 0.4) is 0 Å². The zero-order chi connectivity index (χ0) is 64.0. The Morgan fingerprint density at radius 2 is 0.648 bits per heavy atom. The second-order valence-electron chi connectivity index (χ2n) is 25.9. The minimum absolute atomic E-state index is 0.141. The summed E-state index contributed by atoms with van der Waals surface area (Å²) in [6, 6.07) is 0. The van der Waals surface area contributed by atoms with Crippen LogP contribution in [0.25, 0.3) is 0 Å². The third-order valence-corrected chi connectivity index (χ3v) is 16.1. The van der Waals surface area contributed by atoms with E-state index in [-0.39, 0.29) is 38.6 Å². The molecular weight excluding hydrogens is 1090 g/mol. The highest BCUT2D eigenvalue weighted by Gasteiger charge is 2.22. The van der Waals surface area contributed by atoms with Crippen LogP contribution in [0, 0.1) is 0 Å². The summed E-state index contributed by atoms with van der Waals surface area (Å²) in [6.07, 6.45) is 92.2. The lowest BCUT2D eigenvalue weighted by atomic mass is 10.0. The van der Waals surface area contributed by atoms with Crippen molar-refractivity contribution >= 4 is 17.9 Å². The molecule has 88 heavy (non-hydrogen) atoms. The Bertz CT molecular complexity index is 1770. The molecule has 0 amide bonds. The first-order valence-electron chi connectivity index (χ1n) is 36.9. The number of carboxylic acids is 1. The van der Waals surface area contributed by atoms with Crippen LogP contribution in [0.1, 0.15) is 328 Å². The molecule has 508 valence electrons. The summed E-state index contributed by atoms with van der Waals surface area (Å²) in [5.74, 6) is -2.29. The Balaban J connectivity index is 4.12. The molecule has 2 atom stereocenters. The fourth-order valence-corrected chi connectivity index (χ4v) is 10.5. The number of allylic oxidation sites excluding steroid dienone is 16. The molecule has 0 aliphatic carbocycles. The molecule has 0 aliphatic rings. The molecule has 0 rings (SSSR count). The van der Waals surface area contributed by atoms with Crippen molar-refractivity contribution in [2.75, 3.05) is 47.5 Å². The topological polar surface area (TPSA) is 111 Å². The number of aliphatic carboxylic acids is 1. The molecule has 0 bridgehead atoms. The number of likely N-dealkylation sites (N-methyl/N-ethyl adjacent to an activating group) is 1. The van der Waals surface area contributed by atoms with Crippen molar-refractivity contribution in [2.24, 2.45) is 0 Å². The van der Waals surface area contributed by atoms with Crippen LogP contribution in [-0.4, -0.2) is 82.3 Å². The quantitative estimate of drug-likeness (QED) is 0.0195. The lowest BCUT2D eigenvalue weighted by molar-refractivity contribution is -0.870. The molecular formula is C79H139NO8. The van der Waals surface area contributed by atoms with Gasteiger partial charge >= 0.3 is 11.9 Å². The Hall–Kier alpha value is -3.79. The number of hydrogen-bond acceptors (Lipinski definition) is 8. The van der Waals surface area contributed by atoms with E-state index in [4.69, 9.17) is 18.9 Å². The van der Waals surface area contributed by atoms with Gasteiger partial charge in [0.1, 0.15) is 13.2 Å². The van der Waals surface area contributed by atoms with Gasteiger partial charge in [-0.25, -0.2) is 0 Å². The Morgan fingerprint density at radius 3 is 0.966 bits per heavy atom. The van der Waals surface area contributed by atoms with Crippen LogP contribution >= 0.6 is 0 Å². The Morgan fingerprint density at radius 1 is 0.352 bits per heavy atom. The van der Waals surface area contributed by atoms with Gasteiger partial charge in [0.2, 0.25) is 0 Å². The second kappa shape index (κ2) is 69.1. The highest BCUT2D eigenvalue weighted by Crippen LogP contribution is 2.18. The third kappa shape index (κ3) is 69.7. The minimum Gasteiger partial charge on any atom is -0.545 e. The third-order valence-electron chi connectivity index (χ3n) is 16.1. The fraction of sp³-hybridized carbons (Fsp3) is 0.759. The molecule has 9 heteroatoms.